The van der Waals surface area contributed by atoms with Crippen molar-refractivity contribution < 1.29 is 63.5 Å². The van der Waals surface area contributed by atoms with E-state index in [9.17, 15) is 58.8 Å². The molecule has 1 aromatic rings. The summed E-state index contributed by atoms with van der Waals surface area (Å²) in [6.07, 6.45) is 10.8. The van der Waals surface area contributed by atoms with Crippen molar-refractivity contribution in [2.75, 3.05) is 33.5 Å². The van der Waals surface area contributed by atoms with Crippen LogP contribution in [0.3, 0.4) is 0 Å². The summed E-state index contributed by atoms with van der Waals surface area (Å²) in [4.78, 5) is 107. The lowest BCUT2D eigenvalue weighted by Crippen LogP contribution is -2.61. The number of nitrogens with one attached hydrogen (secondary N) is 6. The number of hydrogen-bond donors (Lipinski definition) is 10. The van der Waals surface area contributed by atoms with Crippen molar-refractivity contribution >= 4 is 47.3 Å². The van der Waals surface area contributed by atoms with Crippen LogP contribution in [0.15, 0.2) is 48.6 Å². The first-order chi connectivity index (χ1) is 30.4. The average Bonchev–Trinajstić information content (AvgIpc) is 3.26. The molecule has 0 bridgehead atoms. The monoisotopic (exact) mass is 901 g/mol. The van der Waals surface area contributed by atoms with Gasteiger partial charge in [-0.2, -0.15) is 0 Å². The highest BCUT2D eigenvalue weighted by Crippen LogP contribution is 2.17. The van der Waals surface area contributed by atoms with E-state index >= 15 is 0 Å². The molecule has 356 valence electrons. The van der Waals surface area contributed by atoms with Crippen molar-refractivity contribution in [1.29, 1.82) is 0 Å². The van der Waals surface area contributed by atoms with E-state index in [1.165, 1.54) is 30.2 Å². The van der Waals surface area contributed by atoms with E-state index in [4.69, 9.17) is 4.74 Å². The standard InChI is InChI=1S/C44H67N7O13/c1-7-8-9-10-11-12-13-14-35(56)46-31(22-52)39(58)47-32(23-53)40(59)48-33(24-54)41(60)50-37(26(2)3)42(61)45-29-17-20-36(57)49-38(27(4)5)43(62)51(6)34(44(63)64-25-29)21-28-15-18-30(55)19-16-28/h12-13,15-20,26-27,29,31-34,37-38,52-55H,7-11,14,21-25H2,1-6H3,(H,45,61)(H,46,56)(H,47,58)(H,48,59)(H,49,57)(H,50,60)/b13-12-,20-17+/t29-,31+,32+,33+,34+,37+,38+/m1/s1. The van der Waals surface area contributed by atoms with Gasteiger partial charge in [-0.3, -0.25) is 33.6 Å². The van der Waals surface area contributed by atoms with Crippen molar-refractivity contribution in [2.45, 2.75) is 122 Å². The van der Waals surface area contributed by atoms with Crippen molar-refractivity contribution in [3.05, 3.63) is 54.1 Å². The summed E-state index contributed by atoms with van der Waals surface area (Å²) >= 11 is 0. The number of aliphatic hydroxyl groups excluding tert-OH is 3. The summed E-state index contributed by atoms with van der Waals surface area (Å²) in [7, 11) is 1.40. The van der Waals surface area contributed by atoms with Crippen LogP contribution in [0.25, 0.3) is 0 Å². The molecule has 7 atom stereocenters. The Morgan fingerprint density at radius 3 is 1.94 bits per heavy atom. The second kappa shape index (κ2) is 28.0. The smallest absolute Gasteiger partial charge is 0.329 e. The molecular weight excluding hydrogens is 835 g/mol. The molecule has 1 aliphatic rings. The minimum Gasteiger partial charge on any atom is -0.508 e. The molecule has 20 heteroatoms. The maximum absolute atomic E-state index is 13.7. The zero-order valence-electron chi connectivity index (χ0n) is 37.5. The number of phenols is 1. The zero-order valence-corrected chi connectivity index (χ0v) is 37.5. The van der Waals surface area contributed by atoms with Gasteiger partial charge in [0, 0.05) is 26.0 Å². The van der Waals surface area contributed by atoms with Gasteiger partial charge in [0.15, 0.2) is 0 Å². The summed E-state index contributed by atoms with van der Waals surface area (Å²) in [5.41, 5.74) is 0.592. The van der Waals surface area contributed by atoms with Gasteiger partial charge in [-0.05, 0) is 42.4 Å². The van der Waals surface area contributed by atoms with Crippen molar-refractivity contribution in [2.24, 2.45) is 11.8 Å². The van der Waals surface area contributed by atoms with Crippen LogP contribution in [0.2, 0.25) is 0 Å². The third kappa shape index (κ3) is 18.1. The van der Waals surface area contributed by atoms with E-state index in [0.29, 0.717) is 5.56 Å². The van der Waals surface area contributed by atoms with Crippen molar-refractivity contribution in [1.82, 2.24) is 36.8 Å². The van der Waals surface area contributed by atoms with Crippen LogP contribution in [-0.4, -0.2) is 148 Å². The maximum atomic E-state index is 13.7. The molecule has 0 saturated carbocycles. The number of aromatic hydroxyl groups is 1. The van der Waals surface area contributed by atoms with Crippen LogP contribution in [0.4, 0.5) is 0 Å². The van der Waals surface area contributed by atoms with Crippen LogP contribution in [-0.2, 0) is 49.5 Å². The second-order valence-corrected chi connectivity index (χ2v) is 16.2. The fourth-order valence-corrected chi connectivity index (χ4v) is 6.38. The topological polar surface area (TPSA) is 302 Å². The molecule has 0 spiro atoms. The summed E-state index contributed by atoms with van der Waals surface area (Å²) in [5.74, 6) is -7.59. The Morgan fingerprint density at radius 2 is 1.39 bits per heavy atom. The van der Waals surface area contributed by atoms with E-state index in [0.717, 1.165) is 38.2 Å². The number of carbonyl (C=O) groups is 8. The molecule has 1 heterocycles. The maximum Gasteiger partial charge on any atom is 0.329 e. The molecule has 7 amide bonds. The lowest BCUT2D eigenvalue weighted by Gasteiger charge is -2.32. The molecule has 0 aromatic heterocycles. The average molecular weight is 902 g/mol. The molecule has 10 N–H and O–H groups in total. The number of nitrogens with zero attached hydrogens (tertiary/aromatic N) is 1. The van der Waals surface area contributed by atoms with E-state index in [2.05, 4.69) is 38.8 Å². The lowest BCUT2D eigenvalue weighted by atomic mass is 9.99. The number of unbranched alkanes of at least 4 members (excludes halogenated alkanes) is 4. The minimum absolute atomic E-state index is 0.00467. The van der Waals surface area contributed by atoms with E-state index < -0.39 is 128 Å². The van der Waals surface area contributed by atoms with Gasteiger partial charge in [0.1, 0.15) is 48.6 Å². The van der Waals surface area contributed by atoms with Crippen LogP contribution in [0.5, 0.6) is 5.75 Å². The summed E-state index contributed by atoms with van der Waals surface area (Å²) in [5, 5.41) is 54.0. The Labute approximate surface area is 374 Å². The van der Waals surface area contributed by atoms with Gasteiger partial charge in [0.25, 0.3) is 0 Å². The van der Waals surface area contributed by atoms with E-state index in [1.54, 1.807) is 45.9 Å². The number of aliphatic hydroxyl groups is 3. The van der Waals surface area contributed by atoms with Crippen molar-refractivity contribution in [3.63, 3.8) is 0 Å². The number of benzene rings is 1. The number of esters is 1. The predicted molar refractivity (Wildman–Crippen MR) is 234 cm³/mol. The molecule has 1 aliphatic heterocycles. The number of phenolic OH excluding ortho intramolecular Hbond substituents is 1. The third-order valence-electron chi connectivity index (χ3n) is 10.3. The number of amides is 7. The number of likely N-dealkylation sites (N-methyl/N-ethyl adjacent to an activating group) is 1. The Kier molecular flexibility index (Phi) is 23.8. The Hall–Kier alpha value is -5.86. The van der Waals surface area contributed by atoms with E-state index in [1.807, 2.05) is 6.08 Å². The van der Waals surface area contributed by atoms with Gasteiger partial charge in [0.2, 0.25) is 41.4 Å². The first-order valence-corrected chi connectivity index (χ1v) is 21.5. The minimum atomic E-state index is -1.69. The van der Waals surface area contributed by atoms with Gasteiger partial charge in [-0.15, -0.1) is 0 Å². The van der Waals surface area contributed by atoms with Gasteiger partial charge in [0.05, 0.1) is 25.9 Å². The van der Waals surface area contributed by atoms with Crippen LogP contribution >= 0.6 is 0 Å². The first kappa shape index (κ1) is 54.3. The molecule has 2 rings (SSSR count). The van der Waals surface area contributed by atoms with Crippen LogP contribution in [0.1, 0.15) is 78.7 Å². The molecule has 20 nitrogen and oxygen atoms in total. The van der Waals surface area contributed by atoms with Gasteiger partial charge >= 0.3 is 5.97 Å². The molecule has 1 aromatic carbocycles. The molecule has 0 aliphatic carbocycles. The quantitative estimate of drug-likeness (QED) is 0.0358. The van der Waals surface area contributed by atoms with Crippen molar-refractivity contribution in [3.8, 4) is 5.75 Å². The number of cyclic esters (lactones) is 1. The summed E-state index contributed by atoms with van der Waals surface area (Å²) in [6.45, 7) is 5.43. The van der Waals surface area contributed by atoms with Gasteiger partial charge < -0.3 is 62.0 Å². The van der Waals surface area contributed by atoms with Gasteiger partial charge in [-0.1, -0.05) is 84.2 Å². The summed E-state index contributed by atoms with van der Waals surface area (Å²) in [6, 6.07) is -3.54. The zero-order chi connectivity index (χ0) is 47.9. The summed E-state index contributed by atoms with van der Waals surface area (Å²) < 4.78 is 5.61. The number of ether oxygens (including phenoxy) is 1. The fourth-order valence-electron chi connectivity index (χ4n) is 6.38. The molecule has 0 unspecified atom stereocenters. The SMILES string of the molecule is CCCCCC/C=C\CC(=O)N[C@@H](CO)C(=O)N[C@@H](CO)C(=O)N[C@@H](CO)C(=O)N[C@H](C(=O)N[C@@H]1/C=C/C(=O)N[C@@H](C(C)C)C(=O)N(C)[C@@H](Cc2ccc(O)cc2)C(=O)OC1)C(C)C. The van der Waals surface area contributed by atoms with Crippen LogP contribution < -0.4 is 31.9 Å². The third-order valence-corrected chi connectivity index (χ3v) is 10.3. The highest BCUT2D eigenvalue weighted by molar-refractivity contribution is 5.97. The fraction of sp³-hybridized carbons (Fsp3) is 0.591. The number of hydrogen-bond acceptors (Lipinski definition) is 13. The molecular formula is C44H67N7O13. The van der Waals surface area contributed by atoms with Gasteiger partial charge in [-0.25, -0.2) is 4.79 Å². The number of carbonyl (C=O) groups excluding carboxylic acids is 8. The Balaban J connectivity index is 2.17. The lowest BCUT2D eigenvalue weighted by molar-refractivity contribution is -0.156. The highest BCUT2D eigenvalue weighted by atomic mass is 16.5. The second-order valence-electron chi connectivity index (χ2n) is 16.2. The molecule has 64 heavy (non-hydrogen) atoms. The Morgan fingerprint density at radius 1 is 0.812 bits per heavy atom. The highest BCUT2D eigenvalue weighted by Gasteiger charge is 2.36. The number of allylic oxidation sites excluding steroid dienone is 1. The Bertz CT molecular complexity index is 1790. The predicted octanol–water partition coefficient (Wildman–Crippen LogP) is -1.01. The first-order valence-electron chi connectivity index (χ1n) is 21.5. The molecule has 0 radical (unpaired) electrons. The van der Waals surface area contributed by atoms with E-state index in [-0.39, 0.29) is 18.6 Å². The number of rotatable bonds is 23. The molecule has 0 fully saturated rings. The van der Waals surface area contributed by atoms with Crippen LogP contribution in [0, 0.1) is 11.8 Å². The largest absolute Gasteiger partial charge is 0.508 e. The normalized spacial score (nSPS) is 19.6. The molecule has 0 saturated heterocycles.